The lowest BCUT2D eigenvalue weighted by molar-refractivity contribution is -0.385. The second kappa shape index (κ2) is 5.69. The van der Waals surface area contributed by atoms with Crippen LogP contribution in [0, 0.1) is 10.1 Å². The molecule has 1 aromatic carbocycles. The normalized spacial score (nSPS) is 17.4. The monoisotopic (exact) mass is 293 g/mol. The highest BCUT2D eigenvalue weighted by atomic mass is 16.6. The van der Waals surface area contributed by atoms with Gasteiger partial charge in [-0.1, -0.05) is 0 Å². The highest BCUT2D eigenvalue weighted by molar-refractivity contribution is 5.99. The van der Waals surface area contributed by atoms with E-state index in [1.54, 1.807) is 24.9 Å². The first-order valence-electron chi connectivity index (χ1n) is 6.82. The van der Waals surface area contributed by atoms with E-state index in [0.717, 1.165) is 0 Å². The number of nitro benzene ring substituents is 1. The van der Waals surface area contributed by atoms with Gasteiger partial charge in [0, 0.05) is 31.9 Å². The van der Waals surface area contributed by atoms with Crippen LogP contribution in [0.15, 0.2) is 18.2 Å². The van der Waals surface area contributed by atoms with Crippen molar-refractivity contribution in [3.8, 4) is 0 Å². The number of amides is 1. The van der Waals surface area contributed by atoms with Crippen molar-refractivity contribution in [1.29, 1.82) is 0 Å². The molecule has 0 saturated carbocycles. The fourth-order valence-corrected chi connectivity index (χ4v) is 2.38. The first kappa shape index (κ1) is 15.2. The maximum absolute atomic E-state index is 12.5. The number of nitrogens with one attached hydrogen (secondary N) is 1. The highest BCUT2D eigenvalue weighted by Gasteiger charge is 2.32. The smallest absolute Gasteiger partial charge is 0.282 e. The molecule has 0 radical (unpaired) electrons. The summed E-state index contributed by atoms with van der Waals surface area (Å²) in [6, 6.07) is 4.39. The predicted octanol–water partition coefficient (Wildman–Crippen LogP) is 1.62. The molecule has 0 atom stereocenters. The van der Waals surface area contributed by atoms with Crippen LogP contribution in [0.5, 0.6) is 0 Å². The number of carbonyl (C=O) groups is 1. The van der Waals surface area contributed by atoms with Crippen LogP contribution in [0.1, 0.15) is 30.1 Å². The average molecular weight is 293 g/mol. The zero-order valence-corrected chi connectivity index (χ0v) is 12.1. The number of benzene rings is 1. The van der Waals surface area contributed by atoms with E-state index in [1.165, 1.54) is 12.1 Å². The Kier molecular flexibility index (Phi) is 4.13. The Morgan fingerprint density at radius 3 is 2.57 bits per heavy atom. The molecule has 7 nitrogen and oxygen atoms in total. The predicted molar refractivity (Wildman–Crippen MR) is 78.4 cm³/mol. The zero-order chi connectivity index (χ0) is 15.6. The van der Waals surface area contributed by atoms with Gasteiger partial charge in [0.15, 0.2) is 0 Å². The second-order valence-corrected chi connectivity index (χ2v) is 5.53. The maximum Gasteiger partial charge on any atom is 0.282 e. The molecule has 0 aromatic heterocycles. The van der Waals surface area contributed by atoms with Crippen molar-refractivity contribution >= 4 is 17.3 Å². The third-order valence-electron chi connectivity index (χ3n) is 3.84. The van der Waals surface area contributed by atoms with Gasteiger partial charge in [-0.15, -0.1) is 0 Å². The molecule has 1 aromatic rings. The van der Waals surface area contributed by atoms with Crippen LogP contribution < -0.4 is 5.32 Å². The summed E-state index contributed by atoms with van der Waals surface area (Å²) < 4.78 is 0. The Morgan fingerprint density at radius 2 is 2.05 bits per heavy atom. The Labute approximate surface area is 122 Å². The molecule has 1 aliphatic rings. The molecule has 114 valence electrons. The van der Waals surface area contributed by atoms with E-state index in [9.17, 15) is 20.0 Å². The molecule has 2 rings (SSSR count). The number of rotatable bonds is 3. The summed E-state index contributed by atoms with van der Waals surface area (Å²) >= 11 is 0. The Hall–Kier alpha value is -2.15. The van der Waals surface area contributed by atoms with Crippen LogP contribution in [0.25, 0.3) is 0 Å². The van der Waals surface area contributed by atoms with Crippen molar-refractivity contribution in [2.75, 3.05) is 25.5 Å². The molecule has 0 aliphatic carbocycles. The van der Waals surface area contributed by atoms with Gasteiger partial charge in [-0.3, -0.25) is 14.9 Å². The highest BCUT2D eigenvalue weighted by Crippen LogP contribution is 2.27. The Balaban J connectivity index is 2.28. The molecule has 0 spiro atoms. The number of piperidine rings is 1. The quantitative estimate of drug-likeness (QED) is 0.652. The Morgan fingerprint density at radius 1 is 1.43 bits per heavy atom. The van der Waals surface area contributed by atoms with Gasteiger partial charge in [0.05, 0.1) is 10.5 Å². The van der Waals surface area contributed by atoms with E-state index in [0.29, 0.717) is 31.6 Å². The topological polar surface area (TPSA) is 95.7 Å². The maximum atomic E-state index is 12.5. The molecule has 1 saturated heterocycles. The SMILES string of the molecule is CNc1ccc([N+](=O)[O-])c(C(=O)N2CCC(C)(O)CC2)c1. The summed E-state index contributed by atoms with van der Waals surface area (Å²) in [7, 11) is 1.69. The van der Waals surface area contributed by atoms with Gasteiger partial charge in [-0.2, -0.15) is 0 Å². The van der Waals surface area contributed by atoms with Crippen LogP contribution >= 0.6 is 0 Å². The van der Waals surface area contributed by atoms with Crippen molar-refractivity contribution in [2.24, 2.45) is 0 Å². The van der Waals surface area contributed by atoms with Gasteiger partial charge in [0.1, 0.15) is 5.56 Å². The van der Waals surface area contributed by atoms with E-state index in [1.807, 2.05) is 0 Å². The van der Waals surface area contributed by atoms with Crippen LogP contribution in [0.2, 0.25) is 0 Å². The van der Waals surface area contributed by atoms with Crippen molar-refractivity contribution in [1.82, 2.24) is 4.90 Å². The van der Waals surface area contributed by atoms with Crippen molar-refractivity contribution in [3.05, 3.63) is 33.9 Å². The standard InChI is InChI=1S/C14H19N3O4/c1-14(19)5-7-16(8-6-14)13(18)11-9-10(15-2)3-4-12(11)17(20)21/h3-4,9,15,19H,5-8H2,1-2H3. The number of hydrogen-bond donors (Lipinski definition) is 2. The van der Waals surface area contributed by atoms with Crippen molar-refractivity contribution in [3.63, 3.8) is 0 Å². The van der Waals surface area contributed by atoms with Crippen LogP contribution in [0.3, 0.4) is 0 Å². The molecule has 1 amide bonds. The van der Waals surface area contributed by atoms with Gasteiger partial charge in [0.2, 0.25) is 0 Å². The van der Waals surface area contributed by atoms with Gasteiger partial charge in [0.25, 0.3) is 11.6 Å². The lowest BCUT2D eigenvalue weighted by Crippen LogP contribution is -2.45. The van der Waals surface area contributed by atoms with Gasteiger partial charge >= 0.3 is 0 Å². The number of likely N-dealkylation sites (tertiary alicyclic amines) is 1. The third kappa shape index (κ3) is 3.30. The molecule has 1 heterocycles. The fourth-order valence-electron chi connectivity index (χ4n) is 2.38. The molecule has 1 aliphatic heterocycles. The molecule has 2 N–H and O–H groups in total. The number of nitrogens with zero attached hydrogens (tertiary/aromatic N) is 2. The van der Waals surface area contributed by atoms with Crippen LogP contribution in [0.4, 0.5) is 11.4 Å². The van der Waals surface area contributed by atoms with E-state index >= 15 is 0 Å². The van der Waals surface area contributed by atoms with Crippen LogP contribution in [-0.2, 0) is 0 Å². The summed E-state index contributed by atoms with van der Waals surface area (Å²) in [5.41, 5.74) is -0.243. The van der Waals surface area contributed by atoms with E-state index in [-0.39, 0.29) is 17.2 Å². The number of carbonyl (C=O) groups excluding carboxylic acids is 1. The molecule has 7 heteroatoms. The first-order valence-corrected chi connectivity index (χ1v) is 6.82. The fraction of sp³-hybridized carbons (Fsp3) is 0.500. The number of hydrogen-bond acceptors (Lipinski definition) is 5. The Bertz CT molecular complexity index is 561. The molecule has 21 heavy (non-hydrogen) atoms. The third-order valence-corrected chi connectivity index (χ3v) is 3.84. The number of anilines is 1. The molecular formula is C14H19N3O4. The van der Waals surface area contributed by atoms with Gasteiger partial charge in [-0.25, -0.2) is 0 Å². The van der Waals surface area contributed by atoms with Crippen LogP contribution in [-0.4, -0.2) is 46.6 Å². The minimum Gasteiger partial charge on any atom is -0.390 e. The number of aliphatic hydroxyl groups is 1. The van der Waals surface area contributed by atoms with E-state index in [2.05, 4.69) is 5.32 Å². The summed E-state index contributed by atoms with van der Waals surface area (Å²) in [5.74, 6) is -0.366. The minimum atomic E-state index is -0.768. The van der Waals surface area contributed by atoms with E-state index < -0.39 is 10.5 Å². The molecule has 0 bridgehead atoms. The zero-order valence-electron chi connectivity index (χ0n) is 12.1. The van der Waals surface area contributed by atoms with Crippen molar-refractivity contribution < 1.29 is 14.8 Å². The summed E-state index contributed by atoms with van der Waals surface area (Å²) in [4.78, 5) is 24.6. The second-order valence-electron chi connectivity index (χ2n) is 5.53. The van der Waals surface area contributed by atoms with E-state index in [4.69, 9.17) is 0 Å². The average Bonchev–Trinajstić information content (AvgIpc) is 2.45. The summed E-state index contributed by atoms with van der Waals surface area (Å²) in [6.45, 7) is 2.53. The number of nitro groups is 1. The minimum absolute atomic E-state index is 0.0772. The molecule has 0 unspecified atom stereocenters. The summed E-state index contributed by atoms with van der Waals surface area (Å²) in [6.07, 6.45) is 0.941. The first-order chi connectivity index (χ1) is 9.84. The largest absolute Gasteiger partial charge is 0.390 e. The van der Waals surface area contributed by atoms with Crippen molar-refractivity contribution in [2.45, 2.75) is 25.4 Å². The lowest BCUT2D eigenvalue weighted by atomic mass is 9.93. The molecular weight excluding hydrogens is 274 g/mol. The van der Waals surface area contributed by atoms with Gasteiger partial charge < -0.3 is 15.3 Å². The lowest BCUT2D eigenvalue weighted by Gasteiger charge is -2.35. The van der Waals surface area contributed by atoms with Gasteiger partial charge in [-0.05, 0) is 31.9 Å². The summed E-state index contributed by atoms with van der Waals surface area (Å²) in [5, 5.41) is 23.9. The molecule has 1 fully saturated rings.